The molecule has 0 unspecified atom stereocenters. The maximum Gasteiger partial charge on any atom is 0.276 e. The number of rotatable bonds is 6. The fraction of sp³-hybridized carbons (Fsp3) is 0.261. The molecule has 4 aromatic rings. The summed E-state index contributed by atoms with van der Waals surface area (Å²) >= 11 is 0. The third kappa shape index (κ3) is 4.75. The second-order valence-corrected chi connectivity index (χ2v) is 8.11. The standard InChI is InChI=1S/C23H25N9O/c24-15-4-6-16(7-5-15)28-21-13-18(30-20-3-1-2-10-26-20)22-27-14-19(32(22)31-21)23(33)29-17-8-11-25-12-9-17/h1-3,8-16H,4-7,24H2,(H,26,30)(H,28,31)(H,25,29,33)/t15-,16-. The molecule has 5 N–H and O–H groups in total. The van der Waals surface area contributed by atoms with Gasteiger partial charge in [0.05, 0.1) is 11.9 Å². The number of anilines is 4. The Balaban J connectivity index is 1.49. The second-order valence-electron chi connectivity index (χ2n) is 8.11. The number of hydrogen-bond acceptors (Lipinski definition) is 8. The molecule has 33 heavy (non-hydrogen) atoms. The van der Waals surface area contributed by atoms with Gasteiger partial charge in [0.2, 0.25) is 0 Å². The Morgan fingerprint density at radius 3 is 2.58 bits per heavy atom. The van der Waals surface area contributed by atoms with Crippen molar-refractivity contribution in [1.82, 2.24) is 24.6 Å². The minimum atomic E-state index is -0.314. The highest BCUT2D eigenvalue weighted by Gasteiger charge is 2.21. The molecule has 4 aromatic heterocycles. The minimum absolute atomic E-state index is 0.261. The Hall–Kier alpha value is -4.05. The van der Waals surface area contributed by atoms with Gasteiger partial charge >= 0.3 is 0 Å². The summed E-state index contributed by atoms with van der Waals surface area (Å²) in [4.78, 5) is 25.8. The number of hydrogen-bond donors (Lipinski definition) is 4. The number of amides is 1. The zero-order valence-corrected chi connectivity index (χ0v) is 18.0. The van der Waals surface area contributed by atoms with E-state index in [1.165, 1.54) is 6.20 Å². The highest BCUT2D eigenvalue weighted by Crippen LogP contribution is 2.26. The average molecular weight is 444 g/mol. The molecule has 10 heteroatoms. The summed E-state index contributed by atoms with van der Waals surface area (Å²) in [6.07, 6.45) is 10.4. The van der Waals surface area contributed by atoms with Gasteiger partial charge in [-0.25, -0.2) is 14.5 Å². The van der Waals surface area contributed by atoms with E-state index in [1.807, 2.05) is 24.3 Å². The van der Waals surface area contributed by atoms with Crippen molar-refractivity contribution in [3.8, 4) is 0 Å². The van der Waals surface area contributed by atoms with E-state index in [1.54, 1.807) is 35.2 Å². The van der Waals surface area contributed by atoms with Crippen LogP contribution in [0.5, 0.6) is 0 Å². The second kappa shape index (κ2) is 9.21. The van der Waals surface area contributed by atoms with Gasteiger partial charge in [-0.1, -0.05) is 6.07 Å². The molecule has 1 aliphatic carbocycles. The molecule has 0 saturated heterocycles. The SMILES string of the molecule is N[C@H]1CC[C@H](Nc2cc(Nc3ccccn3)c3ncc(C(=O)Nc4ccncc4)n3n2)CC1. The number of aromatic nitrogens is 5. The lowest BCUT2D eigenvalue weighted by Crippen LogP contribution is -2.33. The van der Waals surface area contributed by atoms with Gasteiger partial charge in [-0.15, -0.1) is 5.10 Å². The zero-order chi connectivity index (χ0) is 22.6. The Bertz CT molecular complexity index is 1240. The van der Waals surface area contributed by atoms with Crippen LogP contribution in [-0.4, -0.2) is 42.6 Å². The van der Waals surface area contributed by atoms with E-state index in [4.69, 9.17) is 10.8 Å². The largest absolute Gasteiger partial charge is 0.366 e. The van der Waals surface area contributed by atoms with E-state index in [-0.39, 0.29) is 18.0 Å². The number of fused-ring (bicyclic) bond motifs is 1. The van der Waals surface area contributed by atoms with Crippen molar-refractivity contribution in [2.45, 2.75) is 37.8 Å². The highest BCUT2D eigenvalue weighted by molar-refractivity contribution is 6.03. The quantitative estimate of drug-likeness (QED) is 0.357. The van der Waals surface area contributed by atoms with Gasteiger partial charge < -0.3 is 21.7 Å². The molecule has 0 aliphatic heterocycles. The molecule has 0 aromatic carbocycles. The van der Waals surface area contributed by atoms with Crippen LogP contribution in [0.2, 0.25) is 0 Å². The van der Waals surface area contributed by atoms with Crippen LogP contribution in [-0.2, 0) is 0 Å². The predicted octanol–water partition coefficient (Wildman–Crippen LogP) is 3.20. The van der Waals surface area contributed by atoms with Crippen molar-refractivity contribution in [3.05, 3.63) is 66.9 Å². The Kier molecular flexibility index (Phi) is 5.81. The van der Waals surface area contributed by atoms with Gasteiger partial charge in [0.15, 0.2) is 11.3 Å². The molecule has 1 aliphatic rings. The molecular formula is C23H25N9O. The van der Waals surface area contributed by atoms with Crippen LogP contribution in [0.4, 0.5) is 23.0 Å². The molecule has 1 fully saturated rings. The van der Waals surface area contributed by atoms with Crippen LogP contribution < -0.4 is 21.7 Å². The maximum absolute atomic E-state index is 13.0. The van der Waals surface area contributed by atoms with Gasteiger partial charge in [0, 0.05) is 42.4 Å². The van der Waals surface area contributed by atoms with Crippen molar-refractivity contribution in [2.24, 2.45) is 5.73 Å². The predicted molar refractivity (Wildman–Crippen MR) is 127 cm³/mol. The number of nitrogens with zero attached hydrogens (tertiary/aromatic N) is 5. The lowest BCUT2D eigenvalue weighted by molar-refractivity contribution is 0.102. The lowest BCUT2D eigenvalue weighted by Gasteiger charge is -2.27. The van der Waals surface area contributed by atoms with E-state index >= 15 is 0 Å². The minimum Gasteiger partial charge on any atom is -0.366 e. The molecule has 0 spiro atoms. The normalized spacial score (nSPS) is 18.1. The Labute approximate surface area is 190 Å². The zero-order valence-electron chi connectivity index (χ0n) is 18.0. The number of imidazole rings is 1. The maximum atomic E-state index is 13.0. The van der Waals surface area contributed by atoms with E-state index < -0.39 is 0 Å². The summed E-state index contributed by atoms with van der Waals surface area (Å²) in [6.45, 7) is 0. The smallest absolute Gasteiger partial charge is 0.276 e. The van der Waals surface area contributed by atoms with Crippen LogP contribution in [0.15, 0.2) is 61.2 Å². The summed E-state index contributed by atoms with van der Waals surface area (Å²) < 4.78 is 1.55. The van der Waals surface area contributed by atoms with Gasteiger partial charge in [-0.2, -0.15) is 0 Å². The first-order valence-electron chi connectivity index (χ1n) is 11.0. The van der Waals surface area contributed by atoms with Crippen LogP contribution in [0.1, 0.15) is 36.2 Å². The van der Waals surface area contributed by atoms with E-state index in [0.717, 1.165) is 25.7 Å². The van der Waals surface area contributed by atoms with Crippen molar-refractivity contribution < 1.29 is 4.79 Å². The molecule has 5 rings (SSSR count). The summed E-state index contributed by atoms with van der Waals surface area (Å²) in [5.74, 6) is 1.01. The summed E-state index contributed by atoms with van der Waals surface area (Å²) in [7, 11) is 0. The van der Waals surface area contributed by atoms with Crippen molar-refractivity contribution in [2.75, 3.05) is 16.0 Å². The summed E-state index contributed by atoms with van der Waals surface area (Å²) in [6, 6.07) is 11.5. The molecule has 1 amide bonds. The van der Waals surface area contributed by atoms with Crippen LogP contribution in [0, 0.1) is 0 Å². The van der Waals surface area contributed by atoms with Gasteiger partial charge in [-0.3, -0.25) is 9.78 Å². The van der Waals surface area contributed by atoms with Crippen molar-refractivity contribution in [1.29, 1.82) is 0 Å². The fourth-order valence-corrected chi connectivity index (χ4v) is 3.96. The van der Waals surface area contributed by atoms with E-state index in [0.29, 0.717) is 34.4 Å². The first kappa shape index (κ1) is 20.8. The Morgan fingerprint density at radius 2 is 1.82 bits per heavy atom. The number of nitrogens with two attached hydrogens (primary N) is 1. The summed E-state index contributed by atoms with van der Waals surface area (Å²) in [5, 5.41) is 14.4. The number of nitrogens with one attached hydrogen (secondary N) is 3. The molecule has 10 nitrogen and oxygen atoms in total. The number of pyridine rings is 2. The van der Waals surface area contributed by atoms with Gasteiger partial charge in [0.1, 0.15) is 11.6 Å². The van der Waals surface area contributed by atoms with Crippen molar-refractivity contribution in [3.63, 3.8) is 0 Å². The molecule has 4 heterocycles. The fourth-order valence-electron chi connectivity index (χ4n) is 3.96. The first-order chi connectivity index (χ1) is 16.2. The number of carbonyl (C=O) groups excluding carboxylic acids is 1. The Morgan fingerprint density at radius 1 is 1.00 bits per heavy atom. The third-order valence-corrected chi connectivity index (χ3v) is 5.69. The first-order valence-corrected chi connectivity index (χ1v) is 11.0. The van der Waals surface area contributed by atoms with Gasteiger partial charge in [-0.05, 0) is 49.9 Å². The topological polar surface area (TPSA) is 135 Å². The summed E-state index contributed by atoms with van der Waals surface area (Å²) in [5.41, 5.74) is 8.24. The monoisotopic (exact) mass is 443 g/mol. The van der Waals surface area contributed by atoms with Crippen LogP contribution >= 0.6 is 0 Å². The van der Waals surface area contributed by atoms with Crippen molar-refractivity contribution >= 4 is 34.6 Å². The third-order valence-electron chi connectivity index (χ3n) is 5.69. The van der Waals surface area contributed by atoms with Crippen LogP contribution in [0.3, 0.4) is 0 Å². The molecular weight excluding hydrogens is 418 g/mol. The van der Waals surface area contributed by atoms with Gasteiger partial charge in [0.25, 0.3) is 5.91 Å². The number of carbonyl (C=O) groups is 1. The van der Waals surface area contributed by atoms with E-state index in [2.05, 4.69) is 30.9 Å². The van der Waals surface area contributed by atoms with Crippen LogP contribution in [0.25, 0.3) is 5.65 Å². The van der Waals surface area contributed by atoms with E-state index in [9.17, 15) is 4.79 Å². The average Bonchev–Trinajstić information content (AvgIpc) is 3.26. The molecule has 0 radical (unpaired) electrons. The lowest BCUT2D eigenvalue weighted by atomic mass is 9.92. The molecule has 0 bridgehead atoms. The molecule has 1 saturated carbocycles. The molecule has 168 valence electrons. The molecule has 0 atom stereocenters. The highest BCUT2D eigenvalue weighted by atomic mass is 16.2.